The third kappa shape index (κ3) is 5.28. The predicted molar refractivity (Wildman–Crippen MR) is 159 cm³/mol. The van der Waals surface area contributed by atoms with E-state index in [0.29, 0.717) is 29.5 Å². The second-order valence-corrected chi connectivity index (χ2v) is 10.5. The Morgan fingerprint density at radius 2 is 1.80 bits per heavy atom. The van der Waals surface area contributed by atoms with Crippen molar-refractivity contribution in [1.29, 1.82) is 0 Å². The standard InChI is InChI=1S/C31H34N8O/c1-21-26(12-10-22-6-8-23(18-32)9-7-22)30(40)39(24-4-2-3-5-24)29-27(21)20-35-31(37-29)36-28-13-11-25(19-34-28)38-16-14-33-15-17-38/h6-9,11,13,19-20,24,33H,2-5,14-18,32H2,1H3,(H,34,35,36,37). The molecule has 4 N–H and O–H groups in total. The number of aryl methyl sites for hydroxylation is 1. The van der Waals surface area contributed by atoms with E-state index in [1.54, 1.807) is 6.20 Å². The summed E-state index contributed by atoms with van der Waals surface area (Å²) in [6.07, 6.45) is 7.77. The quantitative estimate of drug-likeness (QED) is 0.333. The summed E-state index contributed by atoms with van der Waals surface area (Å²) >= 11 is 0. The van der Waals surface area contributed by atoms with Crippen LogP contribution in [0.2, 0.25) is 0 Å². The first-order chi connectivity index (χ1) is 19.6. The molecule has 204 valence electrons. The molecule has 6 rings (SSSR count). The van der Waals surface area contributed by atoms with E-state index in [4.69, 9.17) is 10.7 Å². The average Bonchev–Trinajstić information content (AvgIpc) is 3.53. The van der Waals surface area contributed by atoms with Gasteiger partial charge in [-0.05, 0) is 55.2 Å². The van der Waals surface area contributed by atoms with Gasteiger partial charge < -0.3 is 21.3 Å². The number of benzene rings is 1. The first kappa shape index (κ1) is 26.0. The van der Waals surface area contributed by atoms with Gasteiger partial charge in [0.15, 0.2) is 0 Å². The molecule has 0 atom stereocenters. The van der Waals surface area contributed by atoms with Gasteiger partial charge in [-0.2, -0.15) is 4.98 Å². The van der Waals surface area contributed by atoms with Crippen molar-refractivity contribution in [2.24, 2.45) is 5.73 Å². The van der Waals surface area contributed by atoms with Gasteiger partial charge in [0.1, 0.15) is 11.5 Å². The predicted octanol–water partition coefficient (Wildman–Crippen LogP) is 3.62. The highest BCUT2D eigenvalue weighted by Gasteiger charge is 2.24. The highest BCUT2D eigenvalue weighted by Crippen LogP contribution is 2.32. The van der Waals surface area contributed by atoms with Crippen molar-refractivity contribution in [2.45, 2.75) is 45.2 Å². The van der Waals surface area contributed by atoms with Crippen molar-refractivity contribution in [3.63, 3.8) is 0 Å². The van der Waals surface area contributed by atoms with Gasteiger partial charge in [0.2, 0.25) is 5.95 Å². The zero-order chi connectivity index (χ0) is 27.5. The molecule has 0 amide bonds. The van der Waals surface area contributed by atoms with Crippen molar-refractivity contribution in [3.8, 4) is 11.8 Å². The fourth-order valence-electron chi connectivity index (χ4n) is 5.58. The largest absolute Gasteiger partial charge is 0.368 e. The molecule has 0 unspecified atom stereocenters. The molecule has 1 aromatic carbocycles. The van der Waals surface area contributed by atoms with Crippen molar-refractivity contribution in [3.05, 3.63) is 81.4 Å². The zero-order valence-corrected chi connectivity index (χ0v) is 22.8. The van der Waals surface area contributed by atoms with E-state index >= 15 is 0 Å². The molecule has 2 aliphatic rings. The monoisotopic (exact) mass is 534 g/mol. The topological polar surface area (TPSA) is 114 Å². The van der Waals surface area contributed by atoms with Gasteiger partial charge in [0, 0.05) is 55.9 Å². The molecule has 1 saturated carbocycles. The molecule has 9 nitrogen and oxygen atoms in total. The number of nitrogens with zero attached hydrogens (tertiary/aromatic N) is 5. The highest BCUT2D eigenvalue weighted by atomic mass is 16.1. The van der Waals surface area contributed by atoms with Gasteiger partial charge in [0.25, 0.3) is 5.56 Å². The van der Waals surface area contributed by atoms with Crippen LogP contribution in [0.15, 0.2) is 53.6 Å². The van der Waals surface area contributed by atoms with Gasteiger partial charge in [-0.3, -0.25) is 9.36 Å². The highest BCUT2D eigenvalue weighted by molar-refractivity contribution is 5.82. The van der Waals surface area contributed by atoms with Crippen LogP contribution >= 0.6 is 0 Å². The van der Waals surface area contributed by atoms with Gasteiger partial charge >= 0.3 is 0 Å². The first-order valence-corrected chi connectivity index (χ1v) is 14.0. The van der Waals surface area contributed by atoms with Gasteiger partial charge in [-0.1, -0.05) is 36.8 Å². The SMILES string of the molecule is Cc1c(C#Cc2ccc(CN)cc2)c(=O)n(C2CCCC2)c2nc(Nc3ccc(N4CCNCC4)cn3)ncc12. The molecule has 1 aliphatic heterocycles. The summed E-state index contributed by atoms with van der Waals surface area (Å²) in [5.41, 5.74) is 10.5. The first-order valence-electron chi connectivity index (χ1n) is 14.0. The maximum atomic E-state index is 13.9. The van der Waals surface area contributed by atoms with Crippen LogP contribution in [-0.2, 0) is 6.54 Å². The number of fused-ring (bicyclic) bond motifs is 1. The van der Waals surface area contributed by atoms with Crippen LogP contribution in [0.4, 0.5) is 17.5 Å². The van der Waals surface area contributed by atoms with Crippen LogP contribution in [0.1, 0.15) is 54.0 Å². The molecular formula is C31H34N8O. The Hall–Kier alpha value is -4.26. The fourth-order valence-corrected chi connectivity index (χ4v) is 5.58. The van der Waals surface area contributed by atoms with E-state index < -0.39 is 0 Å². The number of hydrogen-bond donors (Lipinski definition) is 3. The number of pyridine rings is 2. The second kappa shape index (κ2) is 11.5. The van der Waals surface area contributed by atoms with Gasteiger partial charge in [-0.25, -0.2) is 9.97 Å². The number of nitrogens with two attached hydrogens (primary N) is 1. The molecule has 40 heavy (non-hydrogen) atoms. The number of hydrogen-bond acceptors (Lipinski definition) is 8. The summed E-state index contributed by atoms with van der Waals surface area (Å²) in [5, 5.41) is 7.44. The fraction of sp³-hybridized carbons (Fsp3) is 0.355. The number of piperazine rings is 1. The van der Waals surface area contributed by atoms with Crippen molar-refractivity contribution < 1.29 is 0 Å². The van der Waals surface area contributed by atoms with Crippen LogP contribution in [-0.4, -0.2) is 45.7 Å². The average molecular weight is 535 g/mol. The van der Waals surface area contributed by atoms with Crippen molar-refractivity contribution in [2.75, 3.05) is 36.4 Å². The summed E-state index contributed by atoms with van der Waals surface area (Å²) in [5.74, 6) is 7.43. The maximum absolute atomic E-state index is 13.9. The summed E-state index contributed by atoms with van der Waals surface area (Å²) in [4.78, 5) is 30.3. The number of rotatable bonds is 5. The van der Waals surface area contributed by atoms with Crippen LogP contribution in [0.3, 0.4) is 0 Å². The Balaban J connectivity index is 1.35. The smallest absolute Gasteiger partial charge is 0.268 e. The van der Waals surface area contributed by atoms with E-state index in [9.17, 15) is 4.79 Å². The number of aromatic nitrogens is 4. The zero-order valence-electron chi connectivity index (χ0n) is 22.8. The Morgan fingerprint density at radius 1 is 1.02 bits per heavy atom. The van der Waals surface area contributed by atoms with Crippen LogP contribution in [0, 0.1) is 18.8 Å². The summed E-state index contributed by atoms with van der Waals surface area (Å²) in [7, 11) is 0. The maximum Gasteiger partial charge on any atom is 0.268 e. The van der Waals surface area contributed by atoms with Crippen LogP contribution in [0.5, 0.6) is 0 Å². The molecular weight excluding hydrogens is 500 g/mol. The molecule has 4 aromatic rings. The lowest BCUT2D eigenvalue weighted by atomic mass is 10.1. The van der Waals surface area contributed by atoms with Crippen molar-refractivity contribution >= 4 is 28.5 Å². The molecule has 3 aromatic heterocycles. The third-order valence-corrected chi connectivity index (χ3v) is 7.89. The molecule has 0 bridgehead atoms. The third-order valence-electron chi connectivity index (χ3n) is 7.89. The lowest BCUT2D eigenvalue weighted by molar-refractivity contribution is 0.515. The summed E-state index contributed by atoms with van der Waals surface area (Å²) in [6, 6.07) is 11.9. The molecule has 0 spiro atoms. The minimum absolute atomic E-state index is 0.0915. The lowest BCUT2D eigenvalue weighted by Gasteiger charge is -2.29. The summed E-state index contributed by atoms with van der Waals surface area (Å²) < 4.78 is 1.85. The Bertz CT molecular complexity index is 1620. The molecule has 0 radical (unpaired) electrons. The van der Waals surface area contributed by atoms with E-state index in [0.717, 1.165) is 79.6 Å². The number of anilines is 3. The minimum atomic E-state index is -0.0915. The van der Waals surface area contributed by atoms with Gasteiger partial charge in [0.05, 0.1) is 17.4 Å². The van der Waals surface area contributed by atoms with E-state index in [2.05, 4.69) is 43.4 Å². The number of nitrogens with one attached hydrogen (secondary N) is 2. The van der Waals surface area contributed by atoms with E-state index in [1.807, 2.05) is 48.0 Å². The van der Waals surface area contributed by atoms with Crippen molar-refractivity contribution in [1.82, 2.24) is 24.8 Å². The Kier molecular flexibility index (Phi) is 7.45. The second-order valence-electron chi connectivity index (χ2n) is 10.5. The van der Waals surface area contributed by atoms with Crippen LogP contribution in [0.25, 0.3) is 11.0 Å². The Labute approximate surface area is 233 Å². The van der Waals surface area contributed by atoms with Crippen LogP contribution < -0.4 is 26.8 Å². The lowest BCUT2D eigenvalue weighted by Crippen LogP contribution is -2.43. The molecule has 9 heteroatoms. The normalized spacial score (nSPS) is 15.7. The summed E-state index contributed by atoms with van der Waals surface area (Å²) in [6.45, 7) is 6.29. The minimum Gasteiger partial charge on any atom is -0.368 e. The Morgan fingerprint density at radius 3 is 2.50 bits per heavy atom. The van der Waals surface area contributed by atoms with E-state index in [-0.39, 0.29) is 11.6 Å². The molecule has 4 heterocycles. The van der Waals surface area contributed by atoms with Gasteiger partial charge in [-0.15, -0.1) is 0 Å². The molecule has 1 saturated heterocycles. The van der Waals surface area contributed by atoms with E-state index in [1.165, 1.54) is 0 Å². The molecule has 2 fully saturated rings. The molecule has 1 aliphatic carbocycles.